The summed E-state index contributed by atoms with van der Waals surface area (Å²) in [6.07, 6.45) is 1.89. The molecule has 2 N–H and O–H groups in total. The molecule has 0 radical (unpaired) electrons. The first kappa shape index (κ1) is 15.1. The molecule has 110 valence electrons. The molecule has 0 saturated heterocycles. The van der Waals surface area contributed by atoms with Crippen molar-refractivity contribution >= 4 is 53.3 Å². The van der Waals surface area contributed by atoms with Crippen LogP contribution in [-0.4, -0.2) is 9.78 Å². The highest BCUT2D eigenvalue weighted by Crippen LogP contribution is 2.10. The van der Waals surface area contributed by atoms with Crippen LogP contribution in [0.3, 0.4) is 0 Å². The number of hydrogen-bond acceptors (Lipinski definition) is 2. The van der Waals surface area contributed by atoms with Crippen LogP contribution in [0.1, 0.15) is 0 Å². The maximum absolute atomic E-state index is 5.55. The third-order valence-corrected chi connectivity index (χ3v) is 4.37. The van der Waals surface area contributed by atoms with Crippen LogP contribution in [0.5, 0.6) is 0 Å². The molecular weight excluding hydrogens is 405 g/mol. The molecule has 0 aliphatic heterocycles. The molecule has 3 aromatic rings. The van der Waals surface area contributed by atoms with E-state index in [1.54, 1.807) is 0 Å². The van der Waals surface area contributed by atoms with E-state index >= 15 is 0 Å². The van der Waals surface area contributed by atoms with E-state index in [2.05, 4.69) is 51.7 Å². The summed E-state index contributed by atoms with van der Waals surface area (Å²) in [6, 6.07) is 18.1. The fraction of sp³-hybridized carbons (Fsp3) is 0. The van der Waals surface area contributed by atoms with Gasteiger partial charge in [-0.2, -0.15) is 0 Å². The van der Waals surface area contributed by atoms with Crippen LogP contribution in [0.15, 0.2) is 54.6 Å². The molecule has 2 aromatic carbocycles. The van der Waals surface area contributed by atoms with E-state index in [0.717, 1.165) is 21.9 Å². The van der Waals surface area contributed by atoms with Gasteiger partial charge in [-0.15, -0.1) is 0 Å². The van der Waals surface area contributed by atoms with E-state index in [1.807, 2.05) is 53.3 Å². The maximum Gasteiger partial charge on any atom is 0.136 e. The average molecular weight is 419 g/mol. The molecule has 3 rings (SSSR count). The predicted molar refractivity (Wildman–Crippen MR) is 103 cm³/mol. The van der Waals surface area contributed by atoms with Crippen LogP contribution < -0.4 is 15.9 Å². The Labute approximate surface area is 147 Å². The summed E-state index contributed by atoms with van der Waals surface area (Å²) in [5.41, 5.74) is 2.01. The zero-order valence-corrected chi connectivity index (χ0v) is 14.7. The van der Waals surface area contributed by atoms with Crippen molar-refractivity contribution in [2.75, 3.05) is 5.32 Å². The number of rotatable bonds is 3. The molecule has 0 aliphatic carbocycles. The molecule has 0 amide bonds. The van der Waals surface area contributed by atoms with Crippen molar-refractivity contribution in [2.45, 2.75) is 0 Å². The molecule has 3 nitrogen and oxygen atoms in total. The second-order valence-electron chi connectivity index (χ2n) is 4.78. The topological polar surface area (TPSA) is 32.8 Å². The smallest absolute Gasteiger partial charge is 0.136 e. The van der Waals surface area contributed by atoms with Gasteiger partial charge in [0.2, 0.25) is 0 Å². The van der Waals surface area contributed by atoms with Crippen molar-refractivity contribution in [2.24, 2.45) is 0 Å². The first-order valence-electron chi connectivity index (χ1n) is 6.73. The molecule has 5 heteroatoms. The van der Waals surface area contributed by atoms with Crippen LogP contribution in [-0.2, 0) is 0 Å². The summed E-state index contributed by atoms with van der Waals surface area (Å²) in [6.45, 7) is 4.04. The van der Waals surface area contributed by atoms with Gasteiger partial charge in [0.05, 0.1) is 16.3 Å². The first-order valence-corrected chi connectivity index (χ1v) is 8.21. The Morgan fingerprint density at radius 2 is 1.77 bits per heavy atom. The molecule has 22 heavy (non-hydrogen) atoms. The standard InChI is InChI=1S/C17H14IN3S/c1-12-16(11-19-14-9-7-13(18)8-10-14)17(22)21(20-12)15-5-3-2-4-6-15/h2-11,19-20H,1H2/b16-11-. The highest BCUT2D eigenvalue weighted by Gasteiger charge is 2.00. The van der Waals surface area contributed by atoms with E-state index in [1.165, 1.54) is 3.57 Å². The normalized spacial score (nSPS) is 11.6. The van der Waals surface area contributed by atoms with Gasteiger partial charge >= 0.3 is 0 Å². The molecule has 0 bridgehead atoms. The molecule has 0 spiro atoms. The Morgan fingerprint density at radius 3 is 2.45 bits per heavy atom. The summed E-state index contributed by atoms with van der Waals surface area (Å²) in [4.78, 5) is 0. The summed E-state index contributed by atoms with van der Waals surface area (Å²) >= 11 is 7.83. The molecule has 0 saturated carbocycles. The van der Waals surface area contributed by atoms with Crippen LogP contribution >= 0.6 is 34.8 Å². The Hall–Kier alpha value is -1.86. The molecule has 0 fully saturated rings. The van der Waals surface area contributed by atoms with Gasteiger partial charge in [-0.25, -0.2) is 4.68 Å². The van der Waals surface area contributed by atoms with Crippen LogP contribution in [0.4, 0.5) is 5.69 Å². The van der Waals surface area contributed by atoms with Crippen molar-refractivity contribution in [1.82, 2.24) is 9.78 Å². The van der Waals surface area contributed by atoms with E-state index in [4.69, 9.17) is 12.2 Å². The Morgan fingerprint density at radius 1 is 1.09 bits per heavy atom. The zero-order valence-electron chi connectivity index (χ0n) is 11.7. The summed E-state index contributed by atoms with van der Waals surface area (Å²) < 4.78 is 3.77. The number of halogens is 1. The second-order valence-corrected chi connectivity index (χ2v) is 6.41. The average Bonchev–Trinajstić information content (AvgIpc) is 2.82. The monoisotopic (exact) mass is 419 g/mol. The lowest BCUT2D eigenvalue weighted by atomic mass is 10.3. The first-order chi connectivity index (χ1) is 10.6. The van der Waals surface area contributed by atoms with Crippen LogP contribution in [0.25, 0.3) is 18.5 Å². The molecule has 0 aliphatic rings. The Balaban J connectivity index is 2.00. The lowest BCUT2D eigenvalue weighted by molar-refractivity contribution is 0.857. The van der Waals surface area contributed by atoms with E-state index < -0.39 is 0 Å². The lowest BCUT2D eigenvalue weighted by Crippen LogP contribution is -2.22. The minimum atomic E-state index is 0.703. The van der Waals surface area contributed by atoms with Crippen LogP contribution in [0.2, 0.25) is 0 Å². The molecule has 1 heterocycles. The Kier molecular flexibility index (Phi) is 4.44. The van der Waals surface area contributed by atoms with Gasteiger partial charge in [-0.3, -0.25) is 5.10 Å². The Bertz CT molecular complexity index is 940. The zero-order chi connectivity index (χ0) is 15.5. The number of hydrogen-bond donors (Lipinski definition) is 2. The number of nitrogens with one attached hydrogen (secondary N) is 2. The van der Waals surface area contributed by atoms with E-state index in [0.29, 0.717) is 4.64 Å². The van der Waals surface area contributed by atoms with Crippen molar-refractivity contribution in [3.63, 3.8) is 0 Å². The number of benzene rings is 2. The van der Waals surface area contributed by atoms with Crippen molar-refractivity contribution in [3.05, 3.63) is 73.4 Å². The van der Waals surface area contributed by atoms with Gasteiger partial charge in [-0.05, 0) is 59.0 Å². The lowest BCUT2D eigenvalue weighted by Gasteiger charge is -2.01. The van der Waals surface area contributed by atoms with Crippen molar-refractivity contribution in [3.8, 4) is 5.69 Å². The fourth-order valence-corrected chi connectivity index (χ4v) is 2.80. The number of nitrogens with zero attached hydrogens (tertiary/aromatic N) is 1. The molecule has 0 atom stereocenters. The molecular formula is C17H14IN3S. The van der Waals surface area contributed by atoms with Crippen LogP contribution in [0, 0.1) is 8.21 Å². The number of para-hydroxylation sites is 1. The number of aromatic amines is 1. The number of H-pyrrole nitrogens is 1. The molecule has 1 aromatic heterocycles. The van der Waals surface area contributed by atoms with Gasteiger partial charge in [0.1, 0.15) is 4.64 Å². The summed E-state index contributed by atoms with van der Waals surface area (Å²) in [7, 11) is 0. The highest BCUT2D eigenvalue weighted by molar-refractivity contribution is 14.1. The highest BCUT2D eigenvalue weighted by atomic mass is 127. The summed E-state index contributed by atoms with van der Waals surface area (Å²) in [5, 5.41) is 8.14. The van der Waals surface area contributed by atoms with Gasteiger partial charge in [0.25, 0.3) is 0 Å². The molecule has 0 unspecified atom stereocenters. The van der Waals surface area contributed by atoms with Gasteiger partial charge in [0.15, 0.2) is 0 Å². The number of aromatic nitrogens is 2. The minimum Gasteiger partial charge on any atom is -0.361 e. The maximum atomic E-state index is 5.55. The third kappa shape index (κ3) is 3.15. The summed E-state index contributed by atoms with van der Waals surface area (Å²) in [5.74, 6) is 0. The second kappa shape index (κ2) is 6.50. The van der Waals surface area contributed by atoms with E-state index in [9.17, 15) is 0 Å². The van der Waals surface area contributed by atoms with Crippen molar-refractivity contribution < 1.29 is 0 Å². The van der Waals surface area contributed by atoms with Gasteiger partial charge < -0.3 is 5.32 Å². The quantitative estimate of drug-likeness (QED) is 0.504. The number of anilines is 1. The fourth-order valence-electron chi connectivity index (χ4n) is 2.10. The SMILES string of the molecule is C=c1[nH]n(-c2ccccc2)c(=S)/c1=C\Nc1ccc(I)cc1. The van der Waals surface area contributed by atoms with Crippen molar-refractivity contribution in [1.29, 1.82) is 0 Å². The predicted octanol–water partition coefficient (Wildman–Crippen LogP) is 3.40. The largest absolute Gasteiger partial charge is 0.361 e. The minimum absolute atomic E-state index is 0.703. The van der Waals surface area contributed by atoms with Gasteiger partial charge in [0, 0.05) is 15.5 Å². The van der Waals surface area contributed by atoms with E-state index in [-0.39, 0.29) is 0 Å². The van der Waals surface area contributed by atoms with Gasteiger partial charge in [-0.1, -0.05) is 37.0 Å². The third-order valence-electron chi connectivity index (χ3n) is 3.25.